The average molecular weight is 592 g/mol. The zero-order chi connectivity index (χ0) is 30.8. The monoisotopic (exact) mass is 591 g/mol. The number of hydrogen-bond acceptors (Lipinski definition) is 10. The van der Waals surface area contributed by atoms with Crippen molar-refractivity contribution in [1.29, 1.82) is 0 Å². The van der Waals surface area contributed by atoms with Gasteiger partial charge in [0.25, 0.3) is 5.91 Å². The molecule has 43 heavy (non-hydrogen) atoms. The van der Waals surface area contributed by atoms with Crippen LogP contribution in [0.4, 0.5) is 5.82 Å². The second-order valence-corrected chi connectivity index (χ2v) is 9.63. The van der Waals surface area contributed by atoms with E-state index >= 15 is 0 Å². The average Bonchev–Trinajstić information content (AvgIpc) is 3.54. The molecule has 1 saturated heterocycles. The smallest absolute Gasteiger partial charge is 0.303 e. The third-order valence-corrected chi connectivity index (χ3v) is 6.33. The molecular formula is C30H33N5O8. The van der Waals surface area contributed by atoms with Crippen molar-refractivity contribution in [3.05, 3.63) is 83.8 Å². The summed E-state index contributed by atoms with van der Waals surface area (Å²) in [5.74, 6) is -2.20. The minimum absolute atomic E-state index is 0.0136. The molecule has 4 atom stereocenters. The first kappa shape index (κ1) is 30.9. The summed E-state index contributed by atoms with van der Waals surface area (Å²) < 4.78 is 23.7. The number of amides is 1. The molecule has 0 saturated carbocycles. The molecule has 1 amide bonds. The number of esters is 3. The van der Waals surface area contributed by atoms with Crippen molar-refractivity contribution in [2.24, 2.45) is 4.99 Å². The summed E-state index contributed by atoms with van der Waals surface area (Å²) in [6, 6.07) is 18.9. The first-order valence-corrected chi connectivity index (χ1v) is 13.5. The predicted octanol–water partition coefficient (Wildman–Crippen LogP) is 2.78. The number of anilines is 1. The highest BCUT2D eigenvalue weighted by molar-refractivity contribution is 5.99. The minimum Gasteiger partial charge on any atom is -0.463 e. The van der Waals surface area contributed by atoms with Crippen molar-refractivity contribution in [2.75, 3.05) is 11.9 Å². The molecule has 2 N–H and O–H groups in total. The van der Waals surface area contributed by atoms with Crippen LogP contribution in [-0.2, 0) is 46.4 Å². The van der Waals surface area contributed by atoms with E-state index in [0.717, 1.165) is 11.1 Å². The van der Waals surface area contributed by atoms with Crippen LogP contribution >= 0.6 is 0 Å². The Hall–Kier alpha value is -5.04. The lowest BCUT2D eigenvalue weighted by molar-refractivity contribution is -0.166. The summed E-state index contributed by atoms with van der Waals surface area (Å²) in [5, 5.41) is 5.86. The van der Waals surface area contributed by atoms with Crippen LogP contribution in [0.3, 0.4) is 0 Å². The maximum Gasteiger partial charge on any atom is 0.303 e. The quantitative estimate of drug-likeness (QED) is 0.139. The van der Waals surface area contributed by atoms with Gasteiger partial charge in [-0.15, -0.1) is 0 Å². The number of imidazole rings is 1. The fourth-order valence-electron chi connectivity index (χ4n) is 4.48. The van der Waals surface area contributed by atoms with Crippen molar-refractivity contribution >= 4 is 36.0 Å². The molecule has 226 valence electrons. The standard InChI is InChI=1S/C30H33N5O8/c1-19(36)40-16-24-26(41-20(2)37)27(42-21(3)38)30(43-24)35-18-34-25(29(39)32-15-23-12-8-5-9-13-23)28(35)33-17-31-14-22-10-6-4-7-11-22/h4-13,17-18,24,26-27,30H,14-16H2,1-3H3,(H,31,33)(H,32,39)/t24-,26-,27-,30-/m1/s1. The Bertz CT molecular complexity index is 1440. The third-order valence-electron chi connectivity index (χ3n) is 6.33. The van der Waals surface area contributed by atoms with Crippen LogP contribution in [0.15, 0.2) is 72.0 Å². The van der Waals surface area contributed by atoms with Gasteiger partial charge in [0.05, 0.1) is 19.2 Å². The topological polar surface area (TPSA) is 159 Å². The Labute approximate surface area is 248 Å². The summed E-state index contributed by atoms with van der Waals surface area (Å²) in [5.41, 5.74) is 1.88. The van der Waals surface area contributed by atoms with Crippen molar-refractivity contribution in [3.8, 4) is 0 Å². The second-order valence-electron chi connectivity index (χ2n) is 9.63. The van der Waals surface area contributed by atoms with E-state index < -0.39 is 48.4 Å². The summed E-state index contributed by atoms with van der Waals surface area (Å²) in [6.45, 7) is 3.97. The number of ether oxygens (including phenoxy) is 4. The third kappa shape index (κ3) is 8.49. The van der Waals surface area contributed by atoms with E-state index in [0.29, 0.717) is 6.54 Å². The molecule has 2 aromatic carbocycles. The molecular weight excluding hydrogens is 558 g/mol. The molecule has 3 aromatic rings. The van der Waals surface area contributed by atoms with E-state index in [2.05, 4.69) is 20.6 Å². The van der Waals surface area contributed by atoms with Gasteiger partial charge in [0.2, 0.25) is 0 Å². The molecule has 0 radical (unpaired) electrons. The Morgan fingerprint density at radius 3 is 2.16 bits per heavy atom. The molecule has 0 aliphatic carbocycles. The molecule has 4 rings (SSSR count). The fourth-order valence-corrected chi connectivity index (χ4v) is 4.48. The van der Waals surface area contributed by atoms with Crippen LogP contribution in [0, 0.1) is 0 Å². The Kier molecular flexibility index (Phi) is 10.6. The van der Waals surface area contributed by atoms with Crippen molar-refractivity contribution in [2.45, 2.75) is 58.4 Å². The van der Waals surface area contributed by atoms with Crippen LogP contribution in [0.2, 0.25) is 0 Å². The first-order valence-electron chi connectivity index (χ1n) is 13.5. The Morgan fingerprint density at radius 1 is 0.907 bits per heavy atom. The summed E-state index contributed by atoms with van der Waals surface area (Å²) in [6.07, 6.45) is -1.64. The lowest BCUT2D eigenvalue weighted by atomic mass is 10.1. The number of hydrogen-bond donors (Lipinski definition) is 2. The highest BCUT2D eigenvalue weighted by Crippen LogP contribution is 2.37. The molecule has 13 heteroatoms. The van der Waals surface area contributed by atoms with Gasteiger partial charge in [0.1, 0.15) is 18.5 Å². The van der Waals surface area contributed by atoms with Crippen molar-refractivity contribution in [3.63, 3.8) is 0 Å². The van der Waals surface area contributed by atoms with Gasteiger partial charge >= 0.3 is 17.9 Å². The van der Waals surface area contributed by atoms with Gasteiger partial charge in [-0.1, -0.05) is 60.7 Å². The van der Waals surface area contributed by atoms with Gasteiger partial charge in [0, 0.05) is 27.3 Å². The van der Waals surface area contributed by atoms with E-state index in [9.17, 15) is 19.2 Å². The first-order chi connectivity index (χ1) is 20.7. The lowest BCUT2D eigenvalue weighted by Gasteiger charge is -2.24. The zero-order valence-electron chi connectivity index (χ0n) is 24.0. The second kappa shape index (κ2) is 14.7. The number of rotatable bonds is 12. The maximum absolute atomic E-state index is 13.3. The van der Waals surface area contributed by atoms with Crippen LogP contribution in [0.1, 0.15) is 48.6 Å². The van der Waals surface area contributed by atoms with Crippen molar-refractivity contribution < 1.29 is 38.1 Å². The van der Waals surface area contributed by atoms with Crippen LogP contribution in [0.25, 0.3) is 0 Å². The van der Waals surface area contributed by atoms with Gasteiger partial charge in [-0.05, 0) is 11.1 Å². The van der Waals surface area contributed by atoms with E-state index in [1.165, 1.54) is 38.0 Å². The molecule has 13 nitrogen and oxygen atoms in total. The SMILES string of the molecule is CC(=O)OC[C@H]1O[C@@H](n2cnc(C(=O)NCc3ccccc3)c2NC=NCc2ccccc2)[C@H](OC(C)=O)[C@@H]1OC(C)=O. The predicted molar refractivity (Wildman–Crippen MR) is 154 cm³/mol. The van der Waals surface area contributed by atoms with Crippen LogP contribution < -0.4 is 10.6 Å². The Morgan fingerprint density at radius 2 is 1.53 bits per heavy atom. The summed E-state index contributed by atoms with van der Waals surface area (Å²) in [7, 11) is 0. The van der Waals surface area contributed by atoms with Gasteiger partial charge in [0.15, 0.2) is 24.1 Å². The Balaban J connectivity index is 1.66. The molecule has 2 heterocycles. The summed E-state index contributed by atoms with van der Waals surface area (Å²) in [4.78, 5) is 57.6. The van der Waals surface area contributed by atoms with E-state index in [1.54, 1.807) is 0 Å². The van der Waals surface area contributed by atoms with Crippen LogP contribution in [0.5, 0.6) is 0 Å². The highest BCUT2D eigenvalue weighted by Gasteiger charge is 2.51. The van der Waals surface area contributed by atoms with Gasteiger partial charge in [-0.25, -0.2) is 4.98 Å². The minimum atomic E-state index is -1.17. The van der Waals surface area contributed by atoms with E-state index in [4.69, 9.17) is 18.9 Å². The van der Waals surface area contributed by atoms with Crippen molar-refractivity contribution in [1.82, 2.24) is 14.9 Å². The zero-order valence-corrected chi connectivity index (χ0v) is 24.0. The molecule has 1 aromatic heterocycles. The lowest BCUT2D eigenvalue weighted by Crippen LogP contribution is -2.40. The van der Waals surface area contributed by atoms with E-state index in [1.807, 2.05) is 60.7 Å². The number of carbonyl (C=O) groups is 4. The number of nitrogens with one attached hydrogen (secondary N) is 2. The number of aliphatic imine (C=N–C) groups is 1. The van der Waals surface area contributed by atoms with Gasteiger partial charge < -0.3 is 29.6 Å². The molecule has 0 spiro atoms. The summed E-state index contributed by atoms with van der Waals surface area (Å²) >= 11 is 0. The fraction of sp³-hybridized carbons (Fsp3) is 0.333. The largest absolute Gasteiger partial charge is 0.463 e. The molecule has 1 aliphatic heterocycles. The molecule has 1 aliphatic rings. The van der Waals surface area contributed by atoms with Gasteiger partial charge in [-0.3, -0.25) is 28.7 Å². The van der Waals surface area contributed by atoms with Gasteiger partial charge in [-0.2, -0.15) is 0 Å². The molecule has 0 unspecified atom stereocenters. The normalized spacial score (nSPS) is 19.5. The maximum atomic E-state index is 13.3. The molecule has 1 fully saturated rings. The van der Waals surface area contributed by atoms with Crippen LogP contribution in [-0.4, -0.2) is 64.6 Å². The number of aromatic nitrogens is 2. The molecule has 0 bridgehead atoms. The van der Waals surface area contributed by atoms with E-state index in [-0.39, 0.29) is 24.7 Å². The number of carbonyl (C=O) groups excluding carboxylic acids is 4. The highest BCUT2D eigenvalue weighted by atomic mass is 16.7. The number of benzene rings is 2. The number of nitrogens with zero attached hydrogens (tertiary/aromatic N) is 3.